The first-order valence-electron chi connectivity index (χ1n) is 8.98. The number of benzene rings is 2. The number of hydrogen-bond acceptors (Lipinski definition) is 3. The van der Waals surface area contributed by atoms with Crippen LogP contribution in [0.25, 0.3) is 0 Å². The highest BCUT2D eigenvalue weighted by molar-refractivity contribution is 5.83. The fraction of sp³-hybridized carbons (Fsp3) is 0.333. The van der Waals surface area contributed by atoms with E-state index in [9.17, 15) is 23.5 Å². The summed E-state index contributed by atoms with van der Waals surface area (Å²) in [4.78, 5) is 23.9. The Morgan fingerprint density at radius 1 is 1.21 bits per heavy atom. The smallest absolute Gasteiger partial charge is 0.308 e. The van der Waals surface area contributed by atoms with Gasteiger partial charge in [-0.1, -0.05) is 24.3 Å². The molecule has 0 aliphatic heterocycles. The van der Waals surface area contributed by atoms with Gasteiger partial charge in [0.15, 0.2) is 11.6 Å². The number of nitrogens with one attached hydrogen (secondary N) is 1. The van der Waals surface area contributed by atoms with E-state index in [2.05, 4.69) is 5.32 Å². The first-order chi connectivity index (χ1) is 13.4. The zero-order chi connectivity index (χ0) is 20.3. The van der Waals surface area contributed by atoms with Crippen LogP contribution in [0.2, 0.25) is 0 Å². The average molecular weight is 389 g/mol. The van der Waals surface area contributed by atoms with Gasteiger partial charge >= 0.3 is 5.97 Å². The van der Waals surface area contributed by atoms with Crippen LogP contribution in [0.4, 0.5) is 8.78 Å². The molecule has 0 heterocycles. The van der Waals surface area contributed by atoms with E-state index in [1.165, 1.54) is 13.2 Å². The number of methoxy groups -OCH3 is 1. The van der Waals surface area contributed by atoms with Crippen molar-refractivity contribution < 1.29 is 28.2 Å². The number of para-hydroxylation sites is 1. The fourth-order valence-electron chi connectivity index (χ4n) is 3.33. The molecule has 1 aliphatic carbocycles. The molecule has 28 heavy (non-hydrogen) atoms. The van der Waals surface area contributed by atoms with Gasteiger partial charge in [-0.25, -0.2) is 8.78 Å². The van der Waals surface area contributed by atoms with Crippen LogP contribution in [0.1, 0.15) is 23.5 Å². The molecule has 0 radical (unpaired) electrons. The van der Waals surface area contributed by atoms with Gasteiger partial charge in [0.25, 0.3) is 0 Å². The largest absolute Gasteiger partial charge is 0.496 e. The third-order valence-electron chi connectivity index (χ3n) is 5.03. The standard InChI is InChI=1S/C21H21F2NO4/c1-28-19-5-3-2-4-13(19)8-14(21(26)27)11-24-20(25)16-10-15(16)12-6-7-17(22)18(23)9-12/h2-7,9,14-16H,8,10-11H2,1H3,(H,24,25)(H,26,27). The van der Waals surface area contributed by atoms with E-state index in [-0.39, 0.29) is 30.7 Å². The summed E-state index contributed by atoms with van der Waals surface area (Å²) in [5.41, 5.74) is 1.32. The van der Waals surface area contributed by atoms with Gasteiger partial charge in [0.1, 0.15) is 5.75 Å². The van der Waals surface area contributed by atoms with E-state index in [0.29, 0.717) is 17.7 Å². The molecule has 2 aromatic carbocycles. The Morgan fingerprint density at radius 2 is 1.96 bits per heavy atom. The number of aliphatic carboxylic acids is 1. The van der Waals surface area contributed by atoms with E-state index in [4.69, 9.17) is 4.74 Å². The zero-order valence-corrected chi connectivity index (χ0v) is 15.3. The molecule has 3 unspecified atom stereocenters. The van der Waals surface area contributed by atoms with Gasteiger partial charge in [-0.15, -0.1) is 0 Å². The lowest BCUT2D eigenvalue weighted by Crippen LogP contribution is -2.35. The number of carboxylic acids is 1. The van der Waals surface area contributed by atoms with Crippen molar-refractivity contribution in [3.63, 3.8) is 0 Å². The summed E-state index contributed by atoms with van der Waals surface area (Å²) < 4.78 is 31.6. The maximum atomic E-state index is 13.4. The molecule has 1 saturated carbocycles. The summed E-state index contributed by atoms with van der Waals surface area (Å²) in [6, 6.07) is 10.8. The number of carbonyl (C=O) groups excluding carboxylic acids is 1. The predicted molar refractivity (Wildman–Crippen MR) is 98.0 cm³/mol. The molecule has 1 aliphatic rings. The lowest BCUT2D eigenvalue weighted by atomic mass is 9.98. The summed E-state index contributed by atoms with van der Waals surface area (Å²) in [6.07, 6.45) is 0.748. The number of carboxylic acid groups (broad SMARTS) is 1. The molecule has 1 amide bonds. The summed E-state index contributed by atoms with van der Waals surface area (Å²) in [6.45, 7) is -0.0206. The SMILES string of the molecule is COc1ccccc1CC(CNC(=O)C1CC1c1ccc(F)c(F)c1)C(=O)O. The molecule has 3 atom stereocenters. The molecule has 0 spiro atoms. The molecular weight excluding hydrogens is 368 g/mol. The van der Waals surface area contributed by atoms with Gasteiger partial charge in [-0.05, 0) is 48.1 Å². The first-order valence-corrected chi connectivity index (χ1v) is 8.98. The molecule has 0 aromatic heterocycles. The topological polar surface area (TPSA) is 75.6 Å². The second-order valence-corrected chi connectivity index (χ2v) is 6.92. The lowest BCUT2D eigenvalue weighted by Gasteiger charge is -2.15. The van der Waals surface area contributed by atoms with Crippen molar-refractivity contribution in [1.82, 2.24) is 5.32 Å². The molecule has 148 valence electrons. The van der Waals surface area contributed by atoms with Gasteiger partial charge in [-0.3, -0.25) is 9.59 Å². The Labute approximate surface area is 161 Å². The van der Waals surface area contributed by atoms with E-state index >= 15 is 0 Å². The highest BCUT2D eigenvalue weighted by atomic mass is 19.2. The fourth-order valence-corrected chi connectivity index (χ4v) is 3.33. The molecule has 1 fully saturated rings. The van der Waals surface area contributed by atoms with Crippen molar-refractivity contribution in [3.8, 4) is 5.75 Å². The Balaban J connectivity index is 1.58. The summed E-state index contributed by atoms with van der Waals surface area (Å²) in [5, 5.41) is 12.2. The number of halogens is 2. The zero-order valence-electron chi connectivity index (χ0n) is 15.3. The van der Waals surface area contributed by atoms with Crippen molar-refractivity contribution in [2.45, 2.75) is 18.8 Å². The molecule has 0 saturated heterocycles. The normalized spacial score (nSPS) is 19.0. The van der Waals surface area contributed by atoms with Crippen LogP contribution in [0, 0.1) is 23.5 Å². The molecule has 2 aromatic rings. The monoisotopic (exact) mass is 389 g/mol. The van der Waals surface area contributed by atoms with Crippen LogP contribution >= 0.6 is 0 Å². The maximum absolute atomic E-state index is 13.4. The Bertz CT molecular complexity index is 886. The third kappa shape index (κ3) is 4.47. The van der Waals surface area contributed by atoms with Crippen molar-refractivity contribution in [2.24, 2.45) is 11.8 Å². The number of rotatable bonds is 8. The molecule has 3 rings (SSSR count). The van der Waals surface area contributed by atoms with Crippen molar-refractivity contribution in [3.05, 3.63) is 65.2 Å². The number of ether oxygens (including phenoxy) is 1. The molecular formula is C21H21F2NO4. The summed E-state index contributed by atoms with van der Waals surface area (Å²) in [7, 11) is 1.52. The molecule has 0 bridgehead atoms. The van der Waals surface area contributed by atoms with Crippen LogP contribution in [-0.4, -0.2) is 30.6 Å². The minimum Gasteiger partial charge on any atom is -0.496 e. The molecule has 5 nitrogen and oxygen atoms in total. The van der Waals surface area contributed by atoms with E-state index in [0.717, 1.165) is 17.7 Å². The van der Waals surface area contributed by atoms with Gasteiger partial charge < -0.3 is 15.2 Å². The second-order valence-electron chi connectivity index (χ2n) is 6.92. The van der Waals surface area contributed by atoms with E-state index in [1.54, 1.807) is 24.3 Å². The van der Waals surface area contributed by atoms with E-state index < -0.39 is 23.5 Å². The maximum Gasteiger partial charge on any atom is 0.308 e. The average Bonchev–Trinajstić information content (AvgIpc) is 3.48. The van der Waals surface area contributed by atoms with Gasteiger partial charge in [0.05, 0.1) is 13.0 Å². The first kappa shape index (κ1) is 19.8. The highest BCUT2D eigenvalue weighted by Crippen LogP contribution is 2.47. The Hall–Kier alpha value is -2.96. The predicted octanol–water partition coefficient (Wildman–Crippen LogP) is 3.14. The van der Waals surface area contributed by atoms with Crippen molar-refractivity contribution >= 4 is 11.9 Å². The quantitative estimate of drug-likeness (QED) is 0.727. The van der Waals surface area contributed by atoms with Crippen LogP contribution < -0.4 is 10.1 Å². The van der Waals surface area contributed by atoms with Crippen LogP contribution in [-0.2, 0) is 16.0 Å². The number of hydrogen-bond donors (Lipinski definition) is 2. The summed E-state index contributed by atoms with van der Waals surface area (Å²) >= 11 is 0. The number of carbonyl (C=O) groups is 2. The summed E-state index contributed by atoms with van der Waals surface area (Å²) in [5.74, 6) is -3.89. The van der Waals surface area contributed by atoms with Gasteiger partial charge in [0, 0.05) is 12.5 Å². The highest BCUT2D eigenvalue weighted by Gasteiger charge is 2.44. The van der Waals surface area contributed by atoms with Crippen molar-refractivity contribution in [2.75, 3.05) is 13.7 Å². The molecule has 2 N–H and O–H groups in total. The van der Waals surface area contributed by atoms with Crippen LogP contribution in [0.3, 0.4) is 0 Å². The lowest BCUT2D eigenvalue weighted by molar-refractivity contribution is -0.141. The Morgan fingerprint density at radius 3 is 2.64 bits per heavy atom. The van der Waals surface area contributed by atoms with Gasteiger partial charge in [-0.2, -0.15) is 0 Å². The van der Waals surface area contributed by atoms with Gasteiger partial charge in [0.2, 0.25) is 5.91 Å². The van der Waals surface area contributed by atoms with Crippen molar-refractivity contribution in [1.29, 1.82) is 0 Å². The Kier molecular flexibility index (Phi) is 5.92. The number of amides is 1. The minimum atomic E-state index is -1.01. The van der Waals surface area contributed by atoms with Crippen LogP contribution in [0.5, 0.6) is 5.75 Å². The van der Waals surface area contributed by atoms with Crippen LogP contribution in [0.15, 0.2) is 42.5 Å². The van der Waals surface area contributed by atoms with E-state index in [1.807, 2.05) is 0 Å². The minimum absolute atomic E-state index is 0.0206. The third-order valence-corrected chi connectivity index (χ3v) is 5.03. The molecule has 7 heteroatoms. The second kappa shape index (κ2) is 8.37.